The third kappa shape index (κ3) is 3.64. The maximum absolute atomic E-state index is 11.5. The molecule has 0 spiro atoms. The van der Waals surface area contributed by atoms with Gasteiger partial charge in [0, 0.05) is 19.7 Å². The highest BCUT2D eigenvalue weighted by Gasteiger charge is 2.24. The number of rotatable bonds is 5. The lowest BCUT2D eigenvalue weighted by atomic mass is 10.2. The molecule has 1 aromatic heterocycles. The van der Waals surface area contributed by atoms with Crippen molar-refractivity contribution in [3.63, 3.8) is 0 Å². The van der Waals surface area contributed by atoms with Crippen LogP contribution in [0.25, 0.3) is 0 Å². The Kier molecular flexibility index (Phi) is 4.68. The Morgan fingerprint density at radius 3 is 2.84 bits per heavy atom. The number of amides is 1. The van der Waals surface area contributed by atoms with Crippen LogP contribution in [0.5, 0.6) is 0 Å². The molecular formula is C13H20N4O2. The molecule has 2 N–H and O–H groups in total. The molecule has 1 aliphatic rings. The molecule has 2 rings (SSSR count). The molecule has 104 valence electrons. The van der Waals surface area contributed by atoms with Gasteiger partial charge >= 0.3 is 0 Å². The van der Waals surface area contributed by atoms with Crippen LogP contribution in [0.15, 0.2) is 12.1 Å². The predicted molar refractivity (Wildman–Crippen MR) is 72.1 cm³/mol. The number of anilines is 1. The van der Waals surface area contributed by atoms with Gasteiger partial charge in [0.25, 0.3) is 5.91 Å². The van der Waals surface area contributed by atoms with E-state index in [4.69, 9.17) is 4.74 Å². The van der Waals surface area contributed by atoms with Crippen molar-refractivity contribution in [2.24, 2.45) is 0 Å². The van der Waals surface area contributed by atoms with Crippen LogP contribution in [0.4, 0.5) is 5.82 Å². The molecule has 2 atom stereocenters. The average molecular weight is 264 g/mol. The second-order valence-electron chi connectivity index (χ2n) is 4.68. The SMILES string of the molecule is CCNC(=O)c1ccc(NC2CCC(OC)C2)nn1. The number of nitrogens with zero attached hydrogens (tertiary/aromatic N) is 2. The first kappa shape index (κ1) is 13.7. The zero-order valence-corrected chi connectivity index (χ0v) is 11.3. The first-order valence-corrected chi connectivity index (χ1v) is 6.64. The van der Waals surface area contributed by atoms with E-state index in [0.29, 0.717) is 30.2 Å². The van der Waals surface area contributed by atoms with Gasteiger partial charge in [0.05, 0.1) is 6.10 Å². The Hall–Kier alpha value is -1.69. The summed E-state index contributed by atoms with van der Waals surface area (Å²) in [4.78, 5) is 11.5. The Bertz CT molecular complexity index is 421. The molecule has 1 saturated carbocycles. The Morgan fingerprint density at radius 2 is 2.26 bits per heavy atom. The monoisotopic (exact) mass is 264 g/mol. The van der Waals surface area contributed by atoms with Crippen LogP contribution in [0, 0.1) is 0 Å². The lowest BCUT2D eigenvalue weighted by molar-refractivity contribution is 0.0950. The van der Waals surface area contributed by atoms with Gasteiger partial charge < -0.3 is 15.4 Å². The van der Waals surface area contributed by atoms with E-state index < -0.39 is 0 Å². The van der Waals surface area contributed by atoms with Crippen LogP contribution in [-0.4, -0.2) is 41.9 Å². The van der Waals surface area contributed by atoms with E-state index in [1.807, 2.05) is 6.92 Å². The molecule has 1 aliphatic carbocycles. The molecule has 0 bridgehead atoms. The number of methoxy groups -OCH3 is 1. The number of hydrogen-bond acceptors (Lipinski definition) is 5. The fourth-order valence-corrected chi connectivity index (χ4v) is 2.28. The first-order valence-electron chi connectivity index (χ1n) is 6.64. The van der Waals surface area contributed by atoms with Crippen LogP contribution in [0.3, 0.4) is 0 Å². The number of carbonyl (C=O) groups excluding carboxylic acids is 1. The molecule has 0 aliphatic heterocycles. The molecule has 6 heteroatoms. The van der Waals surface area contributed by atoms with E-state index >= 15 is 0 Å². The Balaban J connectivity index is 1.90. The molecule has 6 nitrogen and oxygen atoms in total. The van der Waals surface area contributed by atoms with Gasteiger partial charge in [-0.1, -0.05) is 0 Å². The highest BCUT2D eigenvalue weighted by Crippen LogP contribution is 2.23. The highest BCUT2D eigenvalue weighted by atomic mass is 16.5. The van der Waals surface area contributed by atoms with Crippen molar-refractivity contribution in [1.82, 2.24) is 15.5 Å². The van der Waals surface area contributed by atoms with Gasteiger partial charge in [-0.15, -0.1) is 10.2 Å². The molecule has 1 fully saturated rings. The summed E-state index contributed by atoms with van der Waals surface area (Å²) in [5.41, 5.74) is 0.341. The van der Waals surface area contributed by atoms with Gasteiger partial charge in [-0.2, -0.15) is 0 Å². The molecule has 0 aromatic carbocycles. The molecule has 0 radical (unpaired) electrons. The van der Waals surface area contributed by atoms with Crippen LogP contribution in [-0.2, 0) is 4.74 Å². The van der Waals surface area contributed by atoms with Gasteiger partial charge in [0.1, 0.15) is 5.82 Å². The van der Waals surface area contributed by atoms with Gasteiger partial charge in [-0.05, 0) is 38.3 Å². The van der Waals surface area contributed by atoms with Crippen molar-refractivity contribution < 1.29 is 9.53 Å². The summed E-state index contributed by atoms with van der Waals surface area (Å²) in [6, 6.07) is 3.84. The van der Waals surface area contributed by atoms with Crippen LogP contribution >= 0.6 is 0 Å². The lowest BCUT2D eigenvalue weighted by Crippen LogP contribution is -2.24. The minimum Gasteiger partial charge on any atom is -0.381 e. The largest absolute Gasteiger partial charge is 0.381 e. The molecule has 1 aromatic rings. The van der Waals surface area contributed by atoms with E-state index in [0.717, 1.165) is 19.3 Å². The zero-order valence-electron chi connectivity index (χ0n) is 11.3. The standard InChI is InChI=1S/C13H20N4O2/c1-3-14-13(18)11-6-7-12(17-16-11)15-9-4-5-10(8-9)19-2/h6-7,9-10H,3-5,8H2,1-2H3,(H,14,18)(H,15,17). The third-order valence-electron chi connectivity index (χ3n) is 3.30. The quantitative estimate of drug-likeness (QED) is 0.836. The third-order valence-corrected chi connectivity index (χ3v) is 3.30. The zero-order chi connectivity index (χ0) is 13.7. The van der Waals surface area contributed by atoms with Gasteiger partial charge in [0.15, 0.2) is 5.69 Å². The fourth-order valence-electron chi connectivity index (χ4n) is 2.28. The highest BCUT2D eigenvalue weighted by molar-refractivity contribution is 5.92. The summed E-state index contributed by atoms with van der Waals surface area (Å²) in [6.45, 7) is 2.45. The second kappa shape index (κ2) is 6.47. The Morgan fingerprint density at radius 1 is 1.42 bits per heavy atom. The lowest BCUT2D eigenvalue weighted by Gasteiger charge is -2.13. The van der Waals surface area contributed by atoms with Crippen molar-refractivity contribution >= 4 is 11.7 Å². The van der Waals surface area contributed by atoms with Crippen molar-refractivity contribution in [2.45, 2.75) is 38.3 Å². The summed E-state index contributed by atoms with van der Waals surface area (Å²) in [5, 5.41) is 14.0. The van der Waals surface area contributed by atoms with E-state index in [2.05, 4.69) is 20.8 Å². The van der Waals surface area contributed by atoms with Crippen molar-refractivity contribution in [1.29, 1.82) is 0 Å². The maximum Gasteiger partial charge on any atom is 0.271 e. The first-order chi connectivity index (χ1) is 9.22. The van der Waals surface area contributed by atoms with Crippen LogP contribution in [0.1, 0.15) is 36.7 Å². The molecule has 1 amide bonds. The molecule has 1 heterocycles. The van der Waals surface area contributed by atoms with Crippen molar-refractivity contribution in [3.8, 4) is 0 Å². The molecule has 2 unspecified atom stereocenters. The van der Waals surface area contributed by atoms with E-state index in [9.17, 15) is 4.79 Å². The summed E-state index contributed by atoms with van der Waals surface area (Å²) >= 11 is 0. The van der Waals surface area contributed by atoms with Gasteiger partial charge in [0.2, 0.25) is 0 Å². The van der Waals surface area contributed by atoms with E-state index in [-0.39, 0.29) is 5.91 Å². The van der Waals surface area contributed by atoms with Crippen LogP contribution in [0.2, 0.25) is 0 Å². The minimum atomic E-state index is -0.193. The predicted octanol–water partition coefficient (Wildman–Crippen LogP) is 1.21. The average Bonchev–Trinajstić information content (AvgIpc) is 2.87. The van der Waals surface area contributed by atoms with Crippen LogP contribution < -0.4 is 10.6 Å². The second-order valence-corrected chi connectivity index (χ2v) is 4.68. The number of carbonyl (C=O) groups is 1. The van der Waals surface area contributed by atoms with E-state index in [1.165, 1.54) is 0 Å². The summed E-state index contributed by atoms with van der Waals surface area (Å²) in [7, 11) is 1.74. The number of aromatic nitrogens is 2. The number of nitrogens with one attached hydrogen (secondary N) is 2. The fraction of sp³-hybridized carbons (Fsp3) is 0.615. The topological polar surface area (TPSA) is 76.1 Å². The number of hydrogen-bond donors (Lipinski definition) is 2. The van der Waals surface area contributed by atoms with Crippen molar-refractivity contribution in [2.75, 3.05) is 19.0 Å². The van der Waals surface area contributed by atoms with Gasteiger partial charge in [-0.3, -0.25) is 4.79 Å². The minimum absolute atomic E-state index is 0.193. The van der Waals surface area contributed by atoms with Crippen molar-refractivity contribution in [3.05, 3.63) is 17.8 Å². The molecular weight excluding hydrogens is 244 g/mol. The summed E-state index contributed by atoms with van der Waals surface area (Å²) in [5.74, 6) is 0.511. The summed E-state index contributed by atoms with van der Waals surface area (Å²) < 4.78 is 5.33. The molecule has 0 saturated heterocycles. The Labute approximate surface area is 112 Å². The van der Waals surface area contributed by atoms with E-state index in [1.54, 1.807) is 19.2 Å². The normalized spacial score (nSPS) is 22.2. The summed E-state index contributed by atoms with van der Waals surface area (Å²) in [6.07, 6.45) is 3.45. The maximum atomic E-state index is 11.5. The number of ether oxygens (including phenoxy) is 1. The smallest absolute Gasteiger partial charge is 0.271 e. The van der Waals surface area contributed by atoms with Gasteiger partial charge in [-0.25, -0.2) is 0 Å². The molecule has 19 heavy (non-hydrogen) atoms.